The number of nitrogens with zero attached hydrogens (tertiary/aromatic N) is 2. The lowest BCUT2D eigenvalue weighted by Crippen LogP contribution is -2.25. The van der Waals surface area contributed by atoms with E-state index in [-0.39, 0.29) is 5.91 Å². The number of imidazole rings is 1. The van der Waals surface area contributed by atoms with E-state index in [1.165, 1.54) is 11.1 Å². The Morgan fingerprint density at radius 3 is 2.59 bits per heavy atom. The van der Waals surface area contributed by atoms with E-state index >= 15 is 0 Å². The van der Waals surface area contributed by atoms with Crippen LogP contribution in [-0.4, -0.2) is 28.6 Å². The van der Waals surface area contributed by atoms with Gasteiger partial charge in [0.1, 0.15) is 11.6 Å². The summed E-state index contributed by atoms with van der Waals surface area (Å²) in [5, 5.41) is 2.95. The summed E-state index contributed by atoms with van der Waals surface area (Å²) in [4.78, 5) is 16.3. The van der Waals surface area contributed by atoms with E-state index < -0.39 is 0 Å². The van der Waals surface area contributed by atoms with Crippen molar-refractivity contribution in [3.8, 4) is 5.75 Å². The van der Waals surface area contributed by atoms with Crippen molar-refractivity contribution in [2.45, 2.75) is 53.0 Å². The van der Waals surface area contributed by atoms with E-state index in [9.17, 15) is 4.79 Å². The summed E-state index contributed by atoms with van der Waals surface area (Å²) in [5.74, 6) is 2.11. The molecule has 3 aromatic rings. The highest BCUT2D eigenvalue weighted by molar-refractivity contribution is 5.76. The highest BCUT2D eigenvalue weighted by Crippen LogP contribution is 2.23. The minimum Gasteiger partial charge on any atom is -0.493 e. The van der Waals surface area contributed by atoms with Crippen molar-refractivity contribution in [1.29, 1.82) is 0 Å². The molecule has 3 rings (SSSR count). The molecule has 0 atom stereocenters. The molecular weight excluding hydrogens is 362 g/mol. The van der Waals surface area contributed by atoms with Crippen molar-refractivity contribution in [2.75, 3.05) is 13.2 Å². The quantitative estimate of drug-likeness (QED) is 0.513. The summed E-state index contributed by atoms with van der Waals surface area (Å²) >= 11 is 0. The summed E-state index contributed by atoms with van der Waals surface area (Å²) in [7, 11) is 0. The van der Waals surface area contributed by atoms with Crippen LogP contribution >= 0.6 is 0 Å². The average Bonchev–Trinajstić information content (AvgIpc) is 3.07. The van der Waals surface area contributed by atoms with Crippen LogP contribution in [0.4, 0.5) is 0 Å². The molecule has 29 heavy (non-hydrogen) atoms. The lowest BCUT2D eigenvalue weighted by atomic mass is 10.1. The number of aromatic nitrogens is 2. The Morgan fingerprint density at radius 1 is 1.07 bits per heavy atom. The lowest BCUT2D eigenvalue weighted by Gasteiger charge is -2.13. The van der Waals surface area contributed by atoms with Gasteiger partial charge in [0.05, 0.1) is 17.6 Å². The summed E-state index contributed by atoms with van der Waals surface area (Å²) in [5.41, 5.74) is 4.53. The maximum atomic E-state index is 11.5. The number of benzene rings is 2. The van der Waals surface area contributed by atoms with E-state index in [0.29, 0.717) is 19.6 Å². The van der Waals surface area contributed by atoms with Gasteiger partial charge in [-0.3, -0.25) is 4.79 Å². The van der Waals surface area contributed by atoms with E-state index in [1.54, 1.807) is 0 Å². The summed E-state index contributed by atoms with van der Waals surface area (Å²) in [6.45, 7) is 8.26. The monoisotopic (exact) mass is 393 g/mol. The van der Waals surface area contributed by atoms with Gasteiger partial charge in [0.2, 0.25) is 5.91 Å². The number of unbranched alkanes of at least 4 members (excludes halogenated alkanes) is 1. The van der Waals surface area contributed by atoms with Crippen LogP contribution in [0.1, 0.15) is 43.1 Å². The number of hydrogen-bond acceptors (Lipinski definition) is 3. The number of nitrogens with one attached hydrogen (secondary N) is 1. The zero-order valence-electron chi connectivity index (χ0n) is 17.7. The smallest absolute Gasteiger partial charge is 0.219 e. The molecule has 0 saturated heterocycles. The predicted molar refractivity (Wildman–Crippen MR) is 117 cm³/mol. The number of rotatable bonds is 10. The van der Waals surface area contributed by atoms with Crippen LogP contribution in [0.25, 0.3) is 11.0 Å². The van der Waals surface area contributed by atoms with Crippen LogP contribution in [0.3, 0.4) is 0 Å². The van der Waals surface area contributed by atoms with Gasteiger partial charge in [-0.15, -0.1) is 0 Å². The Labute approximate surface area is 173 Å². The largest absolute Gasteiger partial charge is 0.493 e. The Hall–Kier alpha value is -2.82. The molecule has 5 nitrogen and oxygen atoms in total. The predicted octanol–water partition coefficient (Wildman–Crippen LogP) is 4.58. The number of aryl methyl sites for hydroxylation is 3. The fourth-order valence-corrected chi connectivity index (χ4v) is 3.58. The molecule has 1 amide bonds. The van der Waals surface area contributed by atoms with Crippen molar-refractivity contribution in [3.05, 3.63) is 59.4 Å². The van der Waals surface area contributed by atoms with Gasteiger partial charge >= 0.3 is 0 Å². The number of fused-ring (bicyclic) bond motifs is 1. The molecular formula is C24H31N3O2. The number of para-hydroxylation sites is 3. The van der Waals surface area contributed by atoms with Crippen LogP contribution in [0.5, 0.6) is 5.75 Å². The number of hydrogen-bond donors (Lipinski definition) is 1. The molecule has 0 aliphatic carbocycles. The topological polar surface area (TPSA) is 56.2 Å². The first-order valence-corrected chi connectivity index (χ1v) is 10.5. The Kier molecular flexibility index (Phi) is 7.28. The van der Waals surface area contributed by atoms with Gasteiger partial charge in [-0.1, -0.05) is 37.3 Å². The molecule has 0 spiro atoms. The molecule has 0 aliphatic rings. The number of carbonyl (C=O) groups is 1. The molecule has 0 saturated carbocycles. The Balaban J connectivity index is 1.58. The van der Waals surface area contributed by atoms with Crippen LogP contribution < -0.4 is 10.1 Å². The minimum atomic E-state index is 0.0799. The van der Waals surface area contributed by atoms with Crippen molar-refractivity contribution in [2.24, 2.45) is 0 Å². The average molecular weight is 394 g/mol. The Morgan fingerprint density at radius 2 is 1.83 bits per heavy atom. The fraction of sp³-hybridized carbons (Fsp3) is 0.417. The Bertz CT molecular complexity index is 942. The lowest BCUT2D eigenvalue weighted by molar-refractivity contribution is -0.120. The van der Waals surface area contributed by atoms with Crippen LogP contribution in [0, 0.1) is 13.8 Å². The molecule has 1 aromatic heterocycles. The standard InChI is InChI=1S/C24H31N3O2/c1-4-23(28)25-15-14-22-26-20-12-5-6-13-21(20)27(22)16-7-8-17-29-24-18(2)10-9-11-19(24)3/h5-6,9-13H,4,7-8,14-17H2,1-3H3,(H,25,28). The molecule has 1 heterocycles. The summed E-state index contributed by atoms with van der Waals surface area (Å²) in [6, 6.07) is 14.5. The second-order valence-corrected chi connectivity index (χ2v) is 7.40. The van der Waals surface area contributed by atoms with Crippen molar-refractivity contribution in [1.82, 2.24) is 14.9 Å². The summed E-state index contributed by atoms with van der Waals surface area (Å²) in [6.07, 6.45) is 3.24. The second kappa shape index (κ2) is 10.1. The molecule has 2 aromatic carbocycles. The molecule has 154 valence electrons. The van der Waals surface area contributed by atoms with Gasteiger partial charge in [-0.05, 0) is 49.9 Å². The van der Waals surface area contributed by atoms with Gasteiger partial charge in [0.15, 0.2) is 0 Å². The molecule has 0 aliphatic heterocycles. The maximum Gasteiger partial charge on any atom is 0.219 e. The number of amides is 1. The molecule has 0 radical (unpaired) electrons. The third-order valence-electron chi connectivity index (χ3n) is 5.16. The summed E-state index contributed by atoms with van der Waals surface area (Å²) < 4.78 is 8.32. The van der Waals surface area contributed by atoms with Gasteiger partial charge in [-0.25, -0.2) is 4.98 Å². The zero-order valence-corrected chi connectivity index (χ0v) is 17.7. The number of ether oxygens (including phenoxy) is 1. The molecule has 5 heteroatoms. The number of carbonyl (C=O) groups excluding carboxylic acids is 1. The highest BCUT2D eigenvalue weighted by Gasteiger charge is 2.11. The normalized spacial score (nSPS) is 11.0. The molecule has 0 fully saturated rings. The highest BCUT2D eigenvalue weighted by atomic mass is 16.5. The first-order valence-electron chi connectivity index (χ1n) is 10.5. The van der Waals surface area contributed by atoms with Gasteiger partial charge < -0.3 is 14.6 Å². The van der Waals surface area contributed by atoms with Gasteiger partial charge in [0, 0.05) is 25.9 Å². The maximum absolute atomic E-state index is 11.5. The minimum absolute atomic E-state index is 0.0799. The fourth-order valence-electron chi connectivity index (χ4n) is 3.58. The van der Waals surface area contributed by atoms with Crippen LogP contribution in [-0.2, 0) is 17.8 Å². The third-order valence-corrected chi connectivity index (χ3v) is 5.16. The first kappa shape index (κ1) is 20.9. The van der Waals surface area contributed by atoms with Crippen molar-refractivity contribution >= 4 is 16.9 Å². The molecule has 0 bridgehead atoms. The van der Waals surface area contributed by atoms with E-state index in [4.69, 9.17) is 9.72 Å². The molecule has 1 N–H and O–H groups in total. The first-order chi connectivity index (χ1) is 14.1. The second-order valence-electron chi connectivity index (χ2n) is 7.40. The van der Waals surface area contributed by atoms with E-state index in [1.807, 2.05) is 25.1 Å². The van der Waals surface area contributed by atoms with Gasteiger partial charge in [-0.2, -0.15) is 0 Å². The van der Waals surface area contributed by atoms with E-state index in [2.05, 4.69) is 48.0 Å². The SMILES string of the molecule is CCC(=O)NCCc1nc2ccccc2n1CCCCOc1c(C)cccc1C. The molecule has 0 unspecified atom stereocenters. The van der Waals surface area contributed by atoms with Gasteiger partial charge in [0.25, 0.3) is 0 Å². The van der Waals surface area contributed by atoms with Crippen molar-refractivity contribution in [3.63, 3.8) is 0 Å². The third kappa shape index (κ3) is 5.37. The van der Waals surface area contributed by atoms with Crippen molar-refractivity contribution < 1.29 is 9.53 Å². The zero-order chi connectivity index (χ0) is 20.6. The van der Waals surface area contributed by atoms with Crippen LogP contribution in [0.2, 0.25) is 0 Å². The van der Waals surface area contributed by atoms with E-state index in [0.717, 1.165) is 48.4 Å². The van der Waals surface area contributed by atoms with Crippen LogP contribution in [0.15, 0.2) is 42.5 Å².